The Morgan fingerprint density at radius 1 is 1.19 bits per heavy atom. The van der Waals surface area contributed by atoms with Crippen molar-refractivity contribution in [2.75, 3.05) is 18.0 Å². The average Bonchev–Trinajstić information content (AvgIpc) is 2.88. The van der Waals surface area contributed by atoms with E-state index >= 15 is 0 Å². The van der Waals surface area contributed by atoms with Crippen molar-refractivity contribution in [2.45, 2.75) is 25.4 Å². The summed E-state index contributed by atoms with van der Waals surface area (Å²) in [5.74, 6) is 0.568. The number of imidazole rings is 1. The smallest absolute Gasteiger partial charge is 0.332 e. The number of anilines is 1. The van der Waals surface area contributed by atoms with Gasteiger partial charge in [-0.1, -0.05) is 0 Å². The van der Waals surface area contributed by atoms with E-state index in [0.717, 1.165) is 4.57 Å². The second-order valence-electron chi connectivity index (χ2n) is 5.95. The largest absolute Gasteiger partial charge is 0.390 e. The molecule has 2 aromatic rings. The average molecular weight is 293 g/mol. The standard InChI is InChI=1S/C13H19N5O3/c1-13(21)4-6-18(7-5-13)11-14-8-9(15-11)16(2)12(20)17(3)10(8)19/h21H,4-7H2,1-3H3,(H,14,15). The van der Waals surface area contributed by atoms with E-state index in [1.54, 1.807) is 7.05 Å². The molecule has 2 N–H and O–H groups in total. The van der Waals surface area contributed by atoms with E-state index in [1.807, 2.05) is 11.8 Å². The second-order valence-corrected chi connectivity index (χ2v) is 5.95. The maximum Gasteiger partial charge on any atom is 0.332 e. The van der Waals surface area contributed by atoms with Crippen LogP contribution in [-0.4, -0.2) is 42.9 Å². The SMILES string of the molecule is Cn1c(=O)c2[nH]c(N3CCC(C)(O)CC3)nc2n(C)c1=O. The van der Waals surface area contributed by atoms with E-state index in [9.17, 15) is 14.7 Å². The summed E-state index contributed by atoms with van der Waals surface area (Å²) in [7, 11) is 3.04. The molecule has 0 unspecified atom stereocenters. The first-order valence-electron chi connectivity index (χ1n) is 6.93. The van der Waals surface area contributed by atoms with Gasteiger partial charge in [0.25, 0.3) is 5.56 Å². The number of hydrogen-bond donors (Lipinski definition) is 2. The Kier molecular flexibility index (Phi) is 2.94. The van der Waals surface area contributed by atoms with Crippen LogP contribution in [0.1, 0.15) is 19.8 Å². The van der Waals surface area contributed by atoms with Crippen LogP contribution >= 0.6 is 0 Å². The highest BCUT2D eigenvalue weighted by atomic mass is 16.3. The zero-order chi connectivity index (χ0) is 15.4. The lowest BCUT2D eigenvalue weighted by atomic mass is 9.94. The van der Waals surface area contributed by atoms with Gasteiger partial charge in [0.15, 0.2) is 11.2 Å². The van der Waals surface area contributed by atoms with E-state index in [1.165, 1.54) is 11.6 Å². The molecular formula is C13H19N5O3. The molecule has 0 spiro atoms. The minimum atomic E-state index is -0.647. The Morgan fingerprint density at radius 3 is 2.43 bits per heavy atom. The van der Waals surface area contributed by atoms with Gasteiger partial charge in [0.05, 0.1) is 5.60 Å². The molecule has 1 saturated heterocycles. The summed E-state index contributed by atoms with van der Waals surface area (Å²) in [4.78, 5) is 33.4. The number of hydrogen-bond acceptors (Lipinski definition) is 5. The zero-order valence-electron chi connectivity index (χ0n) is 12.4. The van der Waals surface area contributed by atoms with Gasteiger partial charge < -0.3 is 15.0 Å². The maximum absolute atomic E-state index is 12.1. The first-order chi connectivity index (χ1) is 9.80. The lowest BCUT2D eigenvalue weighted by Crippen LogP contribution is -2.42. The van der Waals surface area contributed by atoms with E-state index in [2.05, 4.69) is 9.97 Å². The zero-order valence-corrected chi connectivity index (χ0v) is 12.4. The fourth-order valence-corrected chi connectivity index (χ4v) is 2.66. The van der Waals surface area contributed by atoms with Crippen LogP contribution in [0.5, 0.6) is 0 Å². The Balaban J connectivity index is 2.07. The Hall–Kier alpha value is -2.09. The molecule has 0 radical (unpaired) electrons. The summed E-state index contributed by atoms with van der Waals surface area (Å²) in [6.07, 6.45) is 1.28. The third kappa shape index (κ3) is 2.15. The summed E-state index contributed by atoms with van der Waals surface area (Å²) in [5, 5.41) is 9.98. The van der Waals surface area contributed by atoms with Gasteiger partial charge in [0, 0.05) is 27.2 Å². The minimum Gasteiger partial charge on any atom is -0.390 e. The van der Waals surface area contributed by atoms with E-state index in [0.29, 0.717) is 43.0 Å². The molecule has 0 aliphatic carbocycles. The van der Waals surface area contributed by atoms with Crippen molar-refractivity contribution in [1.29, 1.82) is 0 Å². The molecule has 21 heavy (non-hydrogen) atoms. The normalized spacial score (nSPS) is 18.4. The number of H-pyrrole nitrogens is 1. The highest BCUT2D eigenvalue weighted by Crippen LogP contribution is 2.24. The van der Waals surface area contributed by atoms with Crippen molar-refractivity contribution in [1.82, 2.24) is 19.1 Å². The van der Waals surface area contributed by atoms with Crippen LogP contribution in [0.2, 0.25) is 0 Å². The van der Waals surface area contributed by atoms with E-state index < -0.39 is 11.3 Å². The first-order valence-corrected chi connectivity index (χ1v) is 6.93. The van der Waals surface area contributed by atoms with Crippen LogP contribution in [0.15, 0.2) is 9.59 Å². The number of aliphatic hydroxyl groups is 1. The molecule has 3 heterocycles. The molecule has 2 aromatic heterocycles. The number of aromatic nitrogens is 4. The number of aromatic amines is 1. The van der Waals surface area contributed by atoms with Crippen molar-refractivity contribution >= 4 is 17.1 Å². The van der Waals surface area contributed by atoms with Gasteiger partial charge in [-0.15, -0.1) is 0 Å². The van der Waals surface area contributed by atoms with Gasteiger partial charge >= 0.3 is 5.69 Å². The van der Waals surface area contributed by atoms with Crippen LogP contribution < -0.4 is 16.1 Å². The predicted octanol–water partition coefficient (Wildman–Crippen LogP) is -0.689. The van der Waals surface area contributed by atoms with E-state index in [-0.39, 0.29) is 5.56 Å². The van der Waals surface area contributed by atoms with Gasteiger partial charge in [-0.05, 0) is 19.8 Å². The highest BCUT2D eigenvalue weighted by Gasteiger charge is 2.29. The van der Waals surface area contributed by atoms with Crippen molar-refractivity contribution in [3.8, 4) is 0 Å². The second kappa shape index (κ2) is 4.45. The molecule has 1 aliphatic rings. The summed E-state index contributed by atoms with van der Waals surface area (Å²) in [6.45, 7) is 3.13. The summed E-state index contributed by atoms with van der Waals surface area (Å²) < 4.78 is 2.42. The highest BCUT2D eigenvalue weighted by molar-refractivity contribution is 5.73. The van der Waals surface area contributed by atoms with Crippen LogP contribution in [-0.2, 0) is 14.1 Å². The van der Waals surface area contributed by atoms with Gasteiger partial charge in [-0.3, -0.25) is 13.9 Å². The maximum atomic E-state index is 12.1. The van der Waals surface area contributed by atoms with Gasteiger partial charge in [-0.25, -0.2) is 4.79 Å². The summed E-state index contributed by atoms with van der Waals surface area (Å²) in [5.41, 5.74) is -0.740. The van der Waals surface area contributed by atoms with Gasteiger partial charge in [0.1, 0.15) is 0 Å². The van der Waals surface area contributed by atoms with Gasteiger partial charge in [0.2, 0.25) is 5.95 Å². The predicted molar refractivity (Wildman–Crippen MR) is 78.6 cm³/mol. The third-order valence-electron chi connectivity index (χ3n) is 4.22. The van der Waals surface area contributed by atoms with E-state index in [4.69, 9.17) is 0 Å². The monoisotopic (exact) mass is 293 g/mol. The molecule has 8 heteroatoms. The molecule has 1 aliphatic heterocycles. The fourth-order valence-electron chi connectivity index (χ4n) is 2.66. The quantitative estimate of drug-likeness (QED) is 0.725. The molecule has 3 rings (SSSR count). The van der Waals surface area contributed by atoms with Crippen molar-refractivity contribution in [3.63, 3.8) is 0 Å². The minimum absolute atomic E-state index is 0.326. The number of aryl methyl sites for hydroxylation is 1. The Bertz CT molecular complexity index is 804. The topological polar surface area (TPSA) is 96.2 Å². The Labute approximate surface area is 120 Å². The van der Waals surface area contributed by atoms with Crippen LogP contribution in [0, 0.1) is 0 Å². The molecule has 0 amide bonds. The molecule has 0 saturated carbocycles. The molecule has 8 nitrogen and oxygen atoms in total. The molecule has 0 aromatic carbocycles. The number of rotatable bonds is 1. The lowest BCUT2D eigenvalue weighted by Gasteiger charge is -2.35. The Morgan fingerprint density at radius 2 is 1.81 bits per heavy atom. The van der Waals surface area contributed by atoms with Gasteiger partial charge in [-0.2, -0.15) is 4.98 Å². The number of piperidine rings is 1. The lowest BCUT2D eigenvalue weighted by molar-refractivity contribution is 0.0349. The van der Waals surface area contributed by atoms with Crippen molar-refractivity contribution in [2.24, 2.45) is 14.1 Å². The van der Waals surface area contributed by atoms with Crippen LogP contribution in [0.25, 0.3) is 11.2 Å². The molecule has 0 bridgehead atoms. The summed E-state index contributed by atoms with van der Waals surface area (Å²) in [6, 6.07) is 0. The van der Waals surface area contributed by atoms with Crippen molar-refractivity contribution in [3.05, 3.63) is 20.8 Å². The number of nitrogens with one attached hydrogen (secondary N) is 1. The van der Waals surface area contributed by atoms with Crippen LogP contribution in [0.3, 0.4) is 0 Å². The number of nitrogens with zero attached hydrogens (tertiary/aromatic N) is 4. The first kappa shape index (κ1) is 13.9. The third-order valence-corrected chi connectivity index (χ3v) is 4.22. The molecule has 114 valence electrons. The molecule has 1 fully saturated rings. The molecule has 0 atom stereocenters. The number of fused-ring (bicyclic) bond motifs is 1. The summed E-state index contributed by atoms with van der Waals surface area (Å²) >= 11 is 0. The van der Waals surface area contributed by atoms with Crippen molar-refractivity contribution < 1.29 is 5.11 Å². The molecular weight excluding hydrogens is 274 g/mol. The van der Waals surface area contributed by atoms with Crippen LogP contribution in [0.4, 0.5) is 5.95 Å². The fraction of sp³-hybridized carbons (Fsp3) is 0.615.